The number of Topliss-reactive ketones (excluding diaryl/α,β-unsaturated/α-hetero) is 1. The number of hydrogen-bond acceptors (Lipinski definition) is 2. The number of rotatable bonds is 4. The normalized spacial score (nSPS) is 15.9. The van der Waals surface area contributed by atoms with Crippen LogP contribution < -0.4 is 0 Å². The Balaban J connectivity index is 2.23. The largest absolute Gasteiger partial charge is 0.395 e. The van der Waals surface area contributed by atoms with Crippen molar-refractivity contribution in [1.29, 1.82) is 0 Å². The van der Waals surface area contributed by atoms with Crippen LogP contribution in [0.3, 0.4) is 0 Å². The molecule has 0 bridgehead atoms. The number of aliphatic hydroxyl groups excluding tert-OH is 1. The van der Waals surface area contributed by atoms with E-state index in [1.54, 1.807) is 0 Å². The second-order valence-electron chi connectivity index (χ2n) is 3.81. The van der Waals surface area contributed by atoms with Crippen LogP contribution in [0.4, 0.5) is 0 Å². The molecule has 2 nitrogen and oxygen atoms in total. The van der Waals surface area contributed by atoms with Crippen molar-refractivity contribution in [1.82, 2.24) is 0 Å². The fourth-order valence-corrected chi connectivity index (χ4v) is 1.87. The highest BCUT2D eigenvalue weighted by Gasteiger charge is 2.22. The molecule has 0 amide bonds. The molecule has 1 unspecified atom stereocenters. The molecule has 0 radical (unpaired) electrons. The van der Waals surface area contributed by atoms with Gasteiger partial charge in [0.15, 0.2) is 5.78 Å². The predicted octanol–water partition coefficient (Wildman–Crippen LogP) is 2.22. The lowest BCUT2D eigenvalue weighted by Gasteiger charge is -2.13. The number of allylic oxidation sites excluding steroid dienone is 4. The smallest absolute Gasteiger partial charge is 0.172 e. The molecule has 0 saturated carbocycles. The van der Waals surface area contributed by atoms with Crippen molar-refractivity contribution in [3.63, 3.8) is 0 Å². The molecule has 1 aliphatic rings. The lowest BCUT2D eigenvalue weighted by Crippen LogP contribution is -2.17. The van der Waals surface area contributed by atoms with Gasteiger partial charge in [-0.15, -0.1) is 0 Å². The minimum atomic E-state index is -0.435. The van der Waals surface area contributed by atoms with Crippen molar-refractivity contribution in [3.05, 3.63) is 59.7 Å². The van der Waals surface area contributed by atoms with Crippen LogP contribution in [0, 0.1) is 0 Å². The summed E-state index contributed by atoms with van der Waals surface area (Å²) in [5.41, 5.74) is 1.58. The van der Waals surface area contributed by atoms with E-state index in [9.17, 15) is 9.90 Å². The van der Waals surface area contributed by atoms with Gasteiger partial charge in [0.25, 0.3) is 0 Å². The lowest BCUT2D eigenvalue weighted by molar-refractivity contribution is -0.117. The zero-order valence-electron chi connectivity index (χ0n) is 8.97. The molecular formula is C14H14O2. The minimum absolute atomic E-state index is 0.00227. The molecule has 2 rings (SSSR count). The van der Waals surface area contributed by atoms with Crippen LogP contribution in [0.1, 0.15) is 17.9 Å². The Labute approximate surface area is 94.9 Å². The van der Waals surface area contributed by atoms with Crippen molar-refractivity contribution < 1.29 is 9.90 Å². The van der Waals surface area contributed by atoms with E-state index in [2.05, 4.69) is 0 Å². The summed E-state index contributed by atoms with van der Waals surface area (Å²) in [5.74, 6) is -0.433. The van der Waals surface area contributed by atoms with Crippen molar-refractivity contribution in [3.8, 4) is 0 Å². The van der Waals surface area contributed by atoms with Crippen LogP contribution in [-0.4, -0.2) is 17.5 Å². The van der Waals surface area contributed by atoms with Crippen molar-refractivity contribution >= 4 is 5.78 Å². The maximum atomic E-state index is 12.1. The van der Waals surface area contributed by atoms with Gasteiger partial charge in [0.05, 0.1) is 12.5 Å². The van der Waals surface area contributed by atoms with Crippen LogP contribution in [0.15, 0.2) is 54.1 Å². The first kappa shape index (κ1) is 10.8. The summed E-state index contributed by atoms with van der Waals surface area (Å²) in [5, 5.41) is 9.34. The number of ketones is 1. The molecule has 82 valence electrons. The molecule has 0 heterocycles. The molecule has 16 heavy (non-hydrogen) atoms. The molecule has 0 saturated heterocycles. The van der Waals surface area contributed by atoms with E-state index in [-0.39, 0.29) is 12.4 Å². The molecule has 1 atom stereocenters. The summed E-state index contributed by atoms with van der Waals surface area (Å²) in [6.45, 7) is -0.145. The summed E-state index contributed by atoms with van der Waals surface area (Å²) in [6.07, 6.45) is 6.49. The molecule has 1 aromatic rings. The van der Waals surface area contributed by atoms with Gasteiger partial charge in [0.2, 0.25) is 0 Å². The van der Waals surface area contributed by atoms with Gasteiger partial charge in [-0.25, -0.2) is 0 Å². The average molecular weight is 214 g/mol. The highest BCUT2D eigenvalue weighted by molar-refractivity contribution is 6.03. The highest BCUT2D eigenvalue weighted by atomic mass is 16.3. The quantitative estimate of drug-likeness (QED) is 0.834. The summed E-state index contributed by atoms with van der Waals surface area (Å²) in [4.78, 5) is 12.1. The third-order valence-electron chi connectivity index (χ3n) is 2.76. The van der Waals surface area contributed by atoms with Gasteiger partial charge in [-0.05, 0) is 12.0 Å². The van der Waals surface area contributed by atoms with Gasteiger partial charge in [-0.1, -0.05) is 48.6 Å². The van der Waals surface area contributed by atoms with E-state index in [1.165, 1.54) is 0 Å². The maximum Gasteiger partial charge on any atom is 0.172 e. The molecule has 0 spiro atoms. The zero-order valence-corrected chi connectivity index (χ0v) is 8.97. The third kappa shape index (κ3) is 2.12. The zero-order chi connectivity index (χ0) is 11.4. The second kappa shape index (κ2) is 4.90. The summed E-state index contributed by atoms with van der Waals surface area (Å²) in [7, 11) is 0. The van der Waals surface area contributed by atoms with Gasteiger partial charge < -0.3 is 5.11 Å². The van der Waals surface area contributed by atoms with E-state index < -0.39 is 5.92 Å². The van der Waals surface area contributed by atoms with Gasteiger partial charge in [0.1, 0.15) is 0 Å². The van der Waals surface area contributed by atoms with Crippen LogP contribution in [-0.2, 0) is 4.79 Å². The molecule has 1 aliphatic carbocycles. The Morgan fingerprint density at radius 3 is 2.62 bits per heavy atom. The van der Waals surface area contributed by atoms with E-state index in [0.717, 1.165) is 12.0 Å². The number of benzene rings is 1. The lowest BCUT2D eigenvalue weighted by atomic mass is 9.91. The fraction of sp³-hybridized carbons (Fsp3) is 0.214. The Morgan fingerprint density at radius 1 is 1.31 bits per heavy atom. The van der Waals surface area contributed by atoms with E-state index in [0.29, 0.717) is 5.57 Å². The first-order valence-corrected chi connectivity index (χ1v) is 5.39. The second-order valence-corrected chi connectivity index (χ2v) is 3.81. The van der Waals surface area contributed by atoms with Crippen LogP contribution in [0.25, 0.3) is 0 Å². The standard InChI is InChI=1S/C14H14O2/c15-10-13(11-6-2-1-3-7-11)14(16)12-8-4-5-9-12/h1-4,6-9,13,15H,5,10H2. The highest BCUT2D eigenvalue weighted by Crippen LogP contribution is 2.22. The first-order chi connectivity index (χ1) is 7.83. The molecule has 0 fully saturated rings. The minimum Gasteiger partial charge on any atom is -0.395 e. The molecule has 0 aromatic heterocycles. The average Bonchev–Trinajstić information content (AvgIpc) is 2.85. The van der Waals surface area contributed by atoms with E-state index in [4.69, 9.17) is 0 Å². The van der Waals surface area contributed by atoms with Gasteiger partial charge in [-0.3, -0.25) is 4.79 Å². The molecular weight excluding hydrogens is 200 g/mol. The molecule has 1 N–H and O–H groups in total. The third-order valence-corrected chi connectivity index (χ3v) is 2.76. The Kier molecular flexibility index (Phi) is 3.32. The number of carbonyl (C=O) groups is 1. The summed E-state index contributed by atoms with van der Waals surface area (Å²) >= 11 is 0. The van der Waals surface area contributed by atoms with E-state index in [1.807, 2.05) is 48.6 Å². The van der Waals surface area contributed by atoms with E-state index >= 15 is 0 Å². The summed E-state index contributed by atoms with van der Waals surface area (Å²) < 4.78 is 0. The Hall–Kier alpha value is -1.67. The Bertz CT molecular complexity index is 429. The molecule has 0 aliphatic heterocycles. The van der Waals surface area contributed by atoms with Gasteiger partial charge in [-0.2, -0.15) is 0 Å². The van der Waals surface area contributed by atoms with Crippen molar-refractivity contribution in [2.45, 2.75) is 12.3 Å². The van der Waals surface area contributed by atoms with Gasteiger partial charge >= 0.3 is 0 Å². The van der Waals surface area contributed by atoms with Crippen LogP contribution in [0.2, 0.25) is 0 Å². The van der Waals surface area contributed by atoms with Crippen LogP contribution >= 0.6 is 0 Å². The van der Waals surface area contributed by atoms with Crippen molar-refractivity contribution in [2.75, 3.05) is 6.61 Å². The topological polar surface area (TPSA) is 37.3 Å². The maximum absolute atomic E-state index is 12.1. The van der Waals surface area contributed by atoms with Crippen LogP contribution in [0.5, 0.6) is 0 Å². The predicted molar refractivity (Wildman–Crippen MR) is 63.1 cm³/mol. The Morgan fingerprint density at radius 2 is 2.06 bits per heavy atom. The summed E-state index contributed by atoms with van der Waals surface area (Å²) in [6, 6.07) is 9.40. The van der Waals surface area contributed by atoms with Crippen molar-refractivity contribution in [2.24, 2.45) is 0 Å². The molecule has 2 heteroatoms. The number of aliphatic hydroxyl groups is 1. The first-order valence-electron chi connectivity index (χ1n) is 5.39. The van der Waals surface area contributed by atoms with Gasteiger partial charge in [0, 0.05) is 5.57 Å². The number of hydrogen-bond donors (Lipinski definition) is 1. The monoisotopic (exact) mass is 214 g/mol. The SMILES string of the molecule is O=C(C1=CCC=C1)C(CO)c1ccccc1. The molecule has 1 aromatic carbocycles. The fourth-order valence-electron chi connectivity index (χ4n) is 1.87. The number of carbonyl (C=O) groups excluding carboxylic acids is 1.